The summed E-state index contributed by atoms with van der Waals surface area (Å²) >= 11 is 0. The highest BCUT2D eigenvalue weighted by Gasteiger charge is 2.18. The first-order valence-corrected chi connectivity index (χ1v) is 6.60. The van der Waals surface area contributed by atoms with Crippen molar-refractivity contribution in [2.45, 2.75) is 39.8 Å². The molecule has 4 nitrogen and oxygen atoms in total. The molecule has 0 aliphatic heterocycles. The van der Waals surface area contributed by atoms with Gasteiger partial charge in [-0.2, -0.15) is 0 Å². The van der Waals surface area contributed by atoms with Crippen LogP contribution in [0.25, 0.3) is 0 Å². The minimum atomic E-state index is -0.606. The molecule has 2 unspecified atom stereocenters. The van der Waals surface area contributed by atoms with Crippen LogP contribution in [-0.4, -0.2) is 25.7 Å². The summed E-state index contributed by atoms with van der Waals surface area (Å²) in [5, 5.41) is 3.18. The van der Waals surface area contributed by atoms with Gasteiger partial charge in [0.15, 0.2) is 6.10 Å². The number of esters is 1. The Hall–Kier alpha value is -1.55. The third-order valence-electron chi connectivity index (χ3n) is 2.99. The van der Waals surface area contributed by atoms with Gasteiger partial charge in [0, 0.05) is 11.6 Å². The van der Waals surface area contributed by atoms with E-state index < -0.39 is 6.10 Å². The van der Waals surface area contributed by atoms with Crippen molar-refractivity contribution in [3.05, 3.63) is 29.3 Å². The number of hydrogen-bond donors (Lipinski definition) is 1. The topological polar surface area (TPSA) is 47.6 Å². The summed E-state index contributed by atoms with van der Waals surface area (Å²) < 4.78 is 10.7. The molecule has 106 valence electrons. The van der Waals surface area contributed by atoms with E-state index in [1.54, 1.807) is 13.8 Å². The molecule has 1 N–H and O–H groups in total. The van der Waals surface area contributed by atoms with Crippen molar-refractivity contribution in [1.29, 1.82) is 0 Å². The molecule has 0 fully saturated rings. The molecular formula is C15H23NO3. The number of ether oxygens (including phenoxy) is 2. The second-order valence-electron chi connectivity index (χ2n) is 4.56. The monoisotopic (exact) mass is 265 g/mol. The molecule has 0 heterocycles. The summed E-state index contributed by atoms with van der Waals surface area (Å²) in [4.78, 5) is 11.6. The Labute approximate surface area is 115 Å². The molecule has 0 saturated carbocycles. The lowest BCUT2D eigenvalue weighted by Gasteiger charge is -2.20. The van der Waals surface area contributed by atoms with Crippen LogP contribution in [0.2, 0.25) is 0 Å². The van der Waals surface area contributed by atoms with Gasteiger partial charge in [-0.1, -0.05) is 17.7 Å². The standard InChI is InChI=1S/C15H23NO3/c1-6-18-15(17)12(4)19-14-8-7-10(2)9-13(14)11(3)16-5/h7-9,11-12,16H,6H2,1-5H3. The first-order valence-electron chi connectivity index (χ1n) is 6.60. The molecule has 0 bridgehead atoms. The summed E-state index contributed by atoms with van der Waals surface area (Å²) in [5.74, 6) is 0.374. The lowest BCUT2D eigenvalue weighted by Crippen LogP contribution is -2.27. The van der Waals surface area contributed by atoms with Crippen molar-refractivity contribution >= 4 is 5.97 Å². The maximum Gasteiger partial charge on any atom is 0.347 e. The van der Waals surface area contributed by atoms with Gasteiger partial charge in [-0.05, 0) is 40.8 Å². The van der Waals surface area contributed by atoms with Crippen molar-refractivity contribution < 1.29 is 14.3 Å². The molecule has 0 radical (unpaired) electrons. The number of carbonyl (C=O) groups is 1. The predicted octanol–water partition coefficient (Wildman–Crippen LogP) is 2.61. The number of carbonyl (C=O) groups excluding carboxylic acids is 1. The van der Waals surface area contributed by atoms with Crippen molar-refractivity contribution in [2.75, 3.05) is 13.7 Å². The van der Waals surface area contributed by atoms with Crippen LogP contribution in [0.15, 0.2) is 18.2 Å². The maximum absolute atomic E-state index is 11.6. The third kappa shape index (κ3) is 4.24. The summed E-state index contributed by atoms with van der Waals surface area (Å²) in [6, 6.07) is 6.09. The molecule has 1 aromatic rings. The molecule has 0 aliphatic carbocycles. The van der Waals surface area contributed by atoms with Gasteiger partial charge in [0.1, 0.15) is 5.75 Å². The molecule has 0 saturated heterocycles. The van der Waals surface area contributed by atoms with Crippen LogP contribution in [0.5, 0.6) is 5.75 Å². The van der Waals surface area contributed by atoms with Crippen LogP contribution in [0, 0.1) is 6.92 Å². The van der Waals surface area contributed by atoms with Gasteiger partial charge < -0.3 is 14.8 Å². The Bertz CT molecular complexity index is 431. The molecule has 0 aliphatic rings. The Morgan fingerprint density at radius 3 is 2.63 bits per heavy atom. The number of rotatable bonds is 6. The maximum atomic E-state index is 11.6. The van der Waals surface area contributed by atoms with Gasteiger partial charge in [0.05, 0.1) is 6.61 Å². The summed E-state index contributed by atoms with van der Waals surface area (Å²) in [5.41, 5.74) is 2.20. The first kappa shape index (κ1) is 15.5. The van der Waals surface area contributed by atoms with E-state index in [-0.39, 0.29) is 12.0 Å². The van der Waals surface area contributed by atoms with Gasteiger partial charge in [0.2, 0.25) is 0 Å². The van der Waals surface area contributed by atoms with Crippen LogP contribution in [-0.2, 0) is 9.53 Å². The fraction of sp³-hybridized carbons (Fsp3) is 0.533. The van der Waals surface area contributed by atoms with E-state index in [2.05, 4.69) is 18.3 Å². The third-order valence-corrected chi connectivity index (χ3v) is 2.99. The normalized spacial score (nSPS) is 13.7. The zero-order valence-electron chi connectivity index (χ0n) is 12.3. The molecule has 4 heteroatoms. The lowest BCUT2D eigenvalue weighted by molar-refractivity contribution is -0.150. The van der Waals surface area contributed by atoms with E-state index in [1.165, 1.54) is 0 Å². The van der Waals surface area contributed by atoms with Crippen LogP contribution in [0.3, 0.4) is 0 Å². The number of hydrogen-bond acceptors (Lipinski definition) is 4. The molecule has 0 amide bonds. The second-order valence-corrected chi connectivity index (χ2v) is 4.56. The molecule has 1 rings (SSSR count). The van der Waals surface area contributed by atoms with Gasteiger partial charge >= 0.3 is 5.97 Å². The van der Waals surface area contributed by atoms with E-state index in [0.29, 0.717) is 12.4 Å². The van der Waals surface area contributed by atoms with Gasteiger partial charge in [-0.3, -0.25) is 0 Å². The Kier molecular flexibility index (Phi) is 5.83. The van der Waals surface area contributed by atoms with Gasteiger partial charge in [-0.15, -0.1) is 0 Å². The molecule has 19 heavy (non-hydrogen) atoms. The average Bonchev–Trinajstić information content (AvgIpc) is 2.40. The van der Waals surface area contributed by atoms with E-state index >= 15 is 0 Å². The van der Waals surface area contributed by atoms with Crippen LogP contribution in [0.4, 0.5) is 0 Å². The van der Waals surface area contributed by atoms with Crippen LogP contribution in [0.1, 0.15) is 37.9 Å². The molecule has 1 aromatic carbocycles. The van der Waals surface area contributed by atoms with Gasteiger partial charge in [-0.25, -0.2) is 4.79 Å². The van der Waals surface area contributed by atoms with Crippen LogP contribution < -0.4 is 10.1 Å². The zero-order chi connectivity index (χ0) is 14.4. The number of aryl methyl sites for hydroxylation is 1. The summed E-state index contributed by atoms with van der Waals surface area (Å²) in [7, 11) is 1.89. The smallest absolute Gasteiger partial charge is 0.347 e. The number of nitrogens with one attached hydrogen (secondary N) is 1. The SMILES string of the molecule is CCOC(=O)C(C)Oc1ccc(C)cc1C(C)NC. The fourth-order valence-electron chi connectivity index (χ4n) is 1.77. The minimum absolute atomic E-state index is 0.157. The number of benzene rings is 1. The summed E-state index contributed by atoms with van der Waals surface area (Å²) in [6.45, 7) is 7.93. The van der Waals surface area contributed by atoms with E-state index in [0.717, 1.165) is 11.1 Å². The summed E-state index contributed by atoms with van der Waals surface area (Å²) in [6.07, 6.45) is -0.606. The van der Waals surface area contributed by atoms with Crippen molar-refractivity contribution in [3.63, 3.8) is 0 Å². The zero-order valence-corrected chi connectivity index (χ0v) is 12.3. The van der Waals surface area contributed by atoms with E-state index in [9.17, 15) is 4.79 Å². The average molecular weight is 265 g/mol. The van der Waals surface area contributed by atoms with Crippen LogP contribution >= 0.6 is 0 Å². The Morgan fingerprint density at radius 2 is 2.05 bits per heavy atom. The molecule has 0 spiro atoms. The highest BCUT2D eigenvalue weighted by Crippen LogP contribution is 2.27. The largest absolute Gasteiger partial charge is 0.479 e. The first-order chi connectivity index (χ1) is 8.99. The molecule has 2 atom stereocenters. The van der Waals surface area contributed by atoms with Crippen molar-refractivity contribution in [2.24, 2.45) is 0 Å². The molecule has 0 aromatic heterocycles. The van der Waals surface area contributed by atoms with E-state index in [4.69, 9.17) is 9.47 Å². The van der Waals surface area contributed by atoms with Gasteiger partial charge in [0.25, 0.3) is 0 Å². The fourth-order valence-corrected chi connectivity index (χ4v) is 1.77. The minimum Gasteiger partial charge on any atom is -0.479 e. The van der Waals surface area contributed by atoms with Crippen molar-refractivity contribution in [3.8, 4) is 5.75 Å². The highest BCUT2D eigenvalue weighted by molar-refractivity contribution is 5.74. The lowest BCUT2D eigenvalue weighted by atomic mass is 10.0. The Morgan fingerprint density at radius 1 is 1.37 bits per heavy atom. The molecular weight excluding hydrogens is 242 g/mol. The van der Waals surface area contributed by atoms with E-state index in [1.807, 2.05) is 26.1 Å². The Balaban J connectivity index is 2.91. The highest BCUT2D eigenvalue weighted by atomic mass is 16.6. The quantitative estimate of drug-likeness (QED) is 0.803. The van der Waals surface area contributed by atoms with Crippen molar-refractivity contribution in [1.82, 2.24) is 5.32 Å². The predicted molar refractivity (Wildman–Crippen MR) is 75.4 cm³/mol. The second kappa shape index (κ2) is 7.14.